The third-order valence-corrected chi connectivity index (χ3v) is 8.44. The fourth-order valence-electron chi connectivity index (χ4n) is 6.59. The van der Waals surface area contributed by atoms with Gasteiger partial charge in [-0.1, -0.05) is 13.0 Å². The highest BCUT2D eigenvalue weighted by molar-refractivity contribution is 6.19. The molecule has 1 saturated heterocycles. The zero-order chi connectivity index (χ0) is 34.3. The molecule has 0 saturated carbocycles. The number of esters is 3. The number of nitrogens with zero attached hydrogens (tertiary/aromatic N) is 1. The number of ether oxygens (including phenoxy) is 6. The summed E-state index contributed by atoms with van der Waals surface area (Å²) in [4.78, 5) is 52.5. The highest BCUT2D eigenvalue weighted by Gasteiger charge is 2.50. The minimum absolute atomic E-state index is 0.154. The van der Waals surface area contributed by atoms with Crippen molar-refractivity contribution in [3.8, 4) is 17.2 Å². The highest BCUT2D eigenvalue weighted by atomic mass is 16.6. The minimum atomic E-state index is -0.999. The molecule has 0 radical (unpaired) electrons. The maximum Gasteiger partial charge on any atom is 0.344 e. The number of fused-ring (bicyclic) bond motifs is 5. The molecule has 0 N–H and O–H groups in total. The molecule has 0 unspecified atom stereocenters. The molecule has 12 heteroatoms. The fraction of sp³-hybridized carbons (Fsp3) is 0.429. The van der Waals surface area contributed by atoms with Crippen LogP contribution in [0.5, 0.6) is 17.2 Å². The van der Waals surface area contributed by atoms with Gasteiger partial charge in [0.25, 0.3) is 0 Å². The highest BCUT2D eigenvalue weighted by Crippen LogP contribution is 2.48. The van der Waals surface area contributed by atoms with Crippen LogP contribution in [0.25, 0.3) is 32.5 Å². The first-order chi connectivity index (χ1) is 22.3. The molecule has 1 aromatic heterocycles. The molecular formula is C35H39NO11. The summed E-state index contributed by atoms with van der Waals surface area (Å²) in [6, 6.07) is 7.97. The molecule has 1 aliphatic rings. The van der Waals surface area contributed by atoms with Crippen molar-refractivity contribution in [2.45, 2.75) is 71.5 Å². The zero-order valence-corrected chi connectivity index (χ0v) is 27.9. The van der Waals surface area contributed by atoms with Crippen LogP contribution in [-0.2, 0) is 35.0 Å². The van der Waals surface area contributed by atoms with Gasteiger partial charge in [-0.15, -0.1) is 0 Å². The van der Waals surface area contributed by atoms with Crippen molar-refractivity contribution < 1.29 is 47.2 Å². The lowest BCUT2D eigenvalue weighted by Crippen LogP contribution is -2.61. The van der Waals surface area contributed by atoms with E-state index in [-0.39, 0.29) is 11.3 Å². The maximum absolute atomic E-state index is 13.7. The van der Waals surface area contributed by atoms with Gasteiger partial charge in [-0.3, -0.25) is 19.3 Å². The van der Waals surface area contributed by atoms with E-state index in [4.69, 9.17) is 32.8 Å². The van der Waals surface area contributed by atoms with Crippen LogP contribution >= 0.6 is 0 Å². The molecule has 5 rings (SSSR count). The lowest BCUT2D eigenvalue weighted by Gasteiger charge is -2.47. The van der Waals surface area contributed by atoms with E-state index < -0.39 is 54.0 Å². The number of likely N-dealkylation sites (N-methyl/N-ethyl adjacent to an activating group) is 1. The van der Waals surface area contributed by atoms with Gasteiger partial charge < -0.3 is 32.8 Å². The molecule has 2 heterocycles. The first-order valence-electron chi connectivity index (χ1n) is 15.3. The first kappa shape index (κ1) is 33.7. The number of hydrogen-bond donors (Lipinski definition) is 0. The van der Waals surface area contributed by atoms with Gasteiger partial charge in [-0.05, 0) is 62.8 Å². The summed E-state index contributed by atoms with van der Waals surface area (Å²) in [6.07, 6.45) is -2.76. The molecule has 0 aliphatic carbocycles. The Hall–Kier alpha value is -4.68. The Kier molecular flexibility index (Phi) is 9.46. The summed E-state index contributed by atoms with van der Waals surface area (Å²) in [5.41, 5.74) is 0.897. The van der Waals surface area contributed by atoms with Crippen molar-refractivity contribution in [2.75, 3.05) is 28.3 Å². The van der Waals surface area contributed by atoms with Crippen LogP contribution in [0.3, 0.4) is 0 Å². The third-order valence-electron chi connectivity index (χ3n) is 8.44. The van der Waals surface area contributed by atoms with E-state index in [0.717, 1.165) is 5.56 Å². The molecule has 0 amide bonds. The van der Waals surface area contributed by atoms with Crippen molar-refractivity contribution >= 4 is 50.4 Å². The van der Waals surface area contributed by atoms with Crippen LogP contribution in [-0.4, -0.2) is 75.5 Å². The summed E-state index contributed by atoms with van der Waals surface area (Å²) in [7, 11) is 6.58. The molecule has 5 atom stereocenters. The van der Waals surface area contributed by atoms with Crippen molar-refractivity contribution in [2.24, 2.45) is 0 Å². The van der Waals surface area contributed by atoms with Crippen LogP contribution in [0.4, 0.5) is 0 Å². The van der Waals surface area contributed by atoms with E-state index in [1.807, 2.05) is 17.9 Å². The van der Waals surface area contributed by atoms with E-state index in [0.29, 0.717) is 50.4 Å². The summed E-state index contributed by atoms with van der Waals surface area (Å²) in [5, 5.41) is 2.01. The van der Waals surface area contributed by atoms with Crippen molar-refractivity contribution in [3.63, 3.8) is 0 Å². The van der Waals surface area contributed by atoms with Crippen LogP contribution in [0, 0.1) is 0 Å². The standard InChI is InChI=1S/C35H39NO11/c1-10-20-13-23-27(25(14-20)41-8)22-15-26(42-9)29-24(44-17(3)37)12-11-21(28(29)32(22)47-35(23)40)33-34(46-19(5)39)30(36(6)7)31(16(2)43-33)45-18(4)38/h11-16,30-31,33-34H,10H2,1-9H3/t16-,30-,31+,33-,34-/m1/s1. The van der Waals surface area contributed by atoms with Gasteiger partial charge in [0.05, 0.1) is 37.1 Å². The molecule has 4 aromatic rings. The first-order valence-corrected chi connectivity index (χ1v) is 15.3. The van der Waals surface area contributed by atoms with Crippen LogP contribution < -0.4 is 19.8 Å². The monoisotopic (exact) mass is 649 g/mol. The Balaban J connectivity index is 1.95. The molecule has 12 nitrogen and oxygen atoms in total. The Morgan fingerprint density at radius 1 is 0.809 bits per heavy atom. The van der Waals surface area contributed by atoms with E-state index >= 15 is 0 Å². The quantitative estimate of drug-likeness (QED) is 0.111. The van der Waals surface area contributed by atoms with Crippen LogP contribution in [0.15, 0.2) is 39.5 Å². The van der Waals surface area contributed by atoms with E-state index in [1.54, 1.807) is 45.3 Å². The number of methoxy groups -OCH3 is 2. The van der Waals surface area contributed by atoms with Gasteiger partial charge in [-0.25, -0.2) is 4.79 Å². The second-order valence-corrected chi connectivity index (χ2v) is 11.8. The van der Waals surface area contributed by atoms with E-state index in [1.165, 1.54) is 35.0 Å². The molecule has 1 fully saturated rings. The van der Waals surface area contributed by atoms with Gasteiger partial charge in [0.15, 0.2) is 6.10 Å². The number of carbonyl (C=O) groups is 3. The predicted molar refractivity (Wildman–Crippen MR) is 173 cm³/mol. The van der Waals surface area contributed by atoms with E-state index in [2.05, 4.69) is 0 Å². The molecular weight excluding hydrogens is 610 g/mol. The Labute approximate surface area is 271 Å². The largest absolute Gasteiger partial charge is 0.496 e. The van der Waals surface area contributed by atoms with Crippen LogP contribution in [0.1, 0.15) is 51.8 Å². The van der Waals surface area contributed by atoms with Crippen LogP contribution in [0.2, 0.25) is 0 Å². The van der Waals surface area contributed by atoms with Crippen molar-refractivity contribution in [1.29, 1.82) is 0 Å². The topological polar surface area (TPSA) is 140 Å². The van der Waals surface area contributed by atoms with Gasteiger partial charge in [0.1, 0.15) is 35.0 Å². The second kappa shape index (κ2) is 13.2. The van der Waals surface area contributed by atoms with E-state index in [9.17, 15) is 19.2 Å². The number of hydrogen-bond acceptors (Lipinski definition) is 12. The summed E-state index contributed by atoms with van der Waals surface area (Å²) in [6.45, 7) is 7.59. The molecule has 250 valence electrons. The predicted octanol–water partition coefficient (Wildman–Crippen LogP) is 4.86. The Morgan fingerprint density at radius 3 is 2.02 bits per heavy atom. The fourth-order valence-corrected chi connectivity index (χ4v) is 6.59. The molecule has 47 heavy (non-hydrogen) atoms. The maximum atomic E-state index is 13.7. The molecule has 0 bridgehead atoms. The number of benzene rings is 3. The smallest absolute Gasteiger partial charge is 0.344 e. The van der Waals surface area contributed by atoms with Crippen molar-refractivity contribution in [3.05, 3.63) is 51.9 Å². The normalized spacial score (nSPS) is 21.2. The summed E-state index contributed by atoms with van der Waals surface area (Å²) >= 11 is 0. The lowest BCUT2D eigenvalue weighted by atomic mass is 9.85. The molecule has 1 aliphatic heterocycles. The average Bonchev–Trinajstić information content (AvgIpc) is 3.01. The number of carbonyl (C=O) groups excluding carboxylic acids is 3. The van der Waals surface area contributed by atoms with Gasteiger partial charge >= 0.3 is 23.5 Å². The minimum Gasteiger partial charge on any atom is -0.496 e. The molecule has 0 spiro atoms. The van der Waals surface area contributed by atoms with Gasteiger partial charge in [0.2, 0.25) is 0 Å². The Morgan fingerprint density at radius 2 is 1.45 bits per heavy atom. The zero-order valence-electron chi connectivity index (χ0n) is 27.9. The Bertz CT molecular complexity index is 1950. The third kappa shape index (κ3) is 6.10. The average molecular weight is 650 g/mol. The van der Waals surface area contributed by atoms with Gasteiger partial charge in [-0.2, -0.15) is 0 Å². The number of aryl methyl sites for hydroxylation is 1. The van der Waals surface area contributed by atoms with Crippen molar-refractivity contribution in [1.82, 2.24) is 4.90 Å². The number of rotatable bonds is 8. The van der Waals surface area contributed by atoms with Gasteiger partial charge in [0, 0.05) is 36.9 Å². The lowest BCUT2D eigenvalue weighted by molar-refractivity contribution is -0.222. The summed E-state index contributed by atoms with van der Waals surface area (Å²) < 4.78 is 41.6. The summed E-state index contributed by atoms with van der Waals surface area (Å²) in [5.74, 6) is -0.735. The molecule has 3 aromatic carbocycles. The SMILES string of the molecule is CCc1cc(OC)c2c(c1)c(=O)oc1c2cc(OC)c2c(OC(C)=O)ccc([C@H]3O[C@H](C)[C@H](OC(C)=O)[C@@H](N(C)C)[C@H]3OC(C)=O)c21. The second-order valence-electron chi connectivity index (χ2n) is 11.8.